The van der Waals surface area contributed by atoms with Crippen molar-refractivity contribution in [1.29, 1.82) is 0 Å². The Morgan fingerprint density at radius 3 is 2.16 bits per heavy atom. The number of anilines is 1. The molecule has 0 heterocycles. The lowest BCUT2D eigenvalue weighted by molar-refractivity contribution is -0.140. The normalized spacial score (nSPS) is 12.6. The molecule has 1 N–H and O–H groups in total. The van der Waals surface area contributed by atoms with Gasteiger partial charge in [0.15, 0.2) is 0 Å². The summed E-state index contributed by atoms with van der Waals surface area (Å²) in [5.41, 5.74) is 1.80. The van der Waals surface area contributed by atoms with Crippen molar-refractivity contribution in [2.75, 3.05) is 10.8 Å². The zero-order valence-corrected chi connectivity index (χ0v) is 27.7. The van der Waals surface area contributed by atoms with Crippen LogP contribution < -0.4 is 9.62 Å². The van der Waals surface area contributed by atoms with Gasteiger partial charge in [-0.25, -0.2) is 8.42 Å². The highest BCUT2D eigenvalue weighted by molar-refractivity contribution is 9.10. The number of amides is 2. The molecule has 7 nitrogen and oxygen atoms in total. The van der Waals surface area contributed by atoms with Gasteiger partial charge in [0, 0.05) is 28.5 Å². The standard InChI is InChI=1S/C34H35BrClN3O4S/c1-3-25(2)37-34(41)32(21-26-13-6-4-7-14-26)38(23-27-15-10-11-20-31(27)36)33(40)24-39(29-17-12-16-28(35)22-29)44(42,43)30-18-8-5-9-19-30/h4-20,22,25,32H,3,21,23-24H2,1-2H3,(H,37,41)/t25-,32+/m0/s1. The molecule has 0 aliphatic rings. The lowest BCUT2D eigenvalue weighted by Gasteiger charge is -2.34. The maximum Gasteiger partial charge on any atom is 0.264 e. The van der Waals surface area contributed by atoms with Crippen LogP contribution in [0.3, 0.4) is 0 Å². The molecule has 0 fully saturated rings. The SMILES string of the molecule is CC[C@H](C)NC(=O)[C@@H](Cc1ccccc1)N(Cc1ccccc1Cl)C(=O)CN(c1cccc(Br)c1)S(=O)(=O)c1ccccc1. The van der Waals surface area contributed by atoms with E-state index in [0.717, 1.165) is 9.87 Å². The Labute approximate surface area is 273 Å². The van der Waals surface area contributed by atoms with E-state index in [4.69, 9.17) is 11.6 Å². The van der Waals surface area contributed by atoms with Gasteiger partial charge >= 0.3 is 0 Å². The summed E-state index contributed by atoms with van der Waals surface area (Å²) in [5, 5.41) is 3.47. The van der Waals surface area contributed by atoms with E-state index in [9.17, 15) is 18.0 Å². The van der Waals surface area contributed by atoms with Crippen LogP contribution in [-0.2, 0) is 32.6 Å². The Morgan fingerprint density at radius 2 is 1.52 bits per heavy atom. The second-order valence-corrected chi connectivity index (χ2v) is 13.6. The van der Waals surface area contributed by atoms with Crippen molar-refractivity contribution in [2.24, 2.45) is 0 Å². The van der Waals surface area contributed by atoms with Gasteiger partial charge in [-0.1, -0.05) is 107 Å². The molecule has 0 aliphatic carbocycles. The average Bonchev–Trinajstić information content (AvgIpc) is 3.03. The van der Waals surface area contributed by atoms with Gasteiger partial charge in [-0.2, -0.15) is 0 Å². The van der Waals surface area contributed by atoms with E-state index in [1.54, 1.807) is 60.7 Å². The summed E-state index contributed by atoms with van der Waals surface area (Å²) < 4.78 is 29.8. The Bertz CT molecular complexity index is 1670. The molecular weight excluding hydrogens is 662 g/mol. The van der Waals surface area contributed by atoms with Crippen LogP contribution in [0.2, 0.25) is 5.02 Å². The minimum absolute atomic E-state index is 0.00163. The Balaban J connectivity index is 1.81. The molecule has 4 rings (SSSR count). The lowest BCUT2D eigenvalue weighted by atomic mass is 10.0. The molecule has 0 radical (unpaired) electrons. The molecule has 0 spiro atoms. The van der Waals surface area contributed by atoms with Gasteiger partial charge in [-0.05, 0) is 60.9 Å². The van der Waals surface area contributed by atoms with Crippen LogP contribution in [0.1, 0.15) is 31.4 Å². The van der Waals surface area contributed by atoms with Gasteiger partial charge in [0.05, 0.1) is 10.6 Å². The fraction of sp³-hybridized carbons (Fsp3) is 0.235. The van der Waals surface area contributed by atoms with Crippen LogP contribution in [0.4, 0.5) is 5.69 Å². The number of nitrogens with one attached hydrogen (secondary N) is 1. The number of carbonyl (C=O) groups is 2. The molecule has 2 amide bonds. The van der Waals surface area contributed by atoms with Crippen molar-refractivity contribution >= 4 is 55.1 Å². The first-order chi connectivity index (χ1) is 21.1. The third-order valence-electron chi connectivity index (χ3n) is 7.28. The summed E-state index contributed by atoms with van der Waals surface area (Å²) in [6, 6.07) is 30.2. The second kappa shape index (κ2) is 15.4. The lowest BCUT2D eigenvalue weighted by Crippen LogP contribution is -2.54. The summed E-state index contributed by atoms with van der Waals surface area (Å²) in [6.07, 6.45) is 0.926. The van der Waals surface area contributed by atoms with Crippen molar-refractivity contribution in [2.45, 2.75) is 50.2 Å². The molecule has 10 heteroatoms. The monoisotopic (exact) mass is 695 g/mol. The summed E-state index contributed by atoms with van der Waals surface area (Å²) in [7, 11) is -4.17. The second-order valence-electron chi connectivity index (χ2n) is 10.4. The smallest absolute Gasteiger partial charge is 0.264 e. The van der Waals surface area contributed by atoms with Crippen LogP contribution in [0, 0.1) is 0 Å². The zero-order valence-electron chi connectivity index (χ0n) is 24.6. The van der Waals surface area contributed by atoms with E-state index in [1.165, 1.54) is 17.0 Å². The number of hydrogen-bond donors (Lipinski definition) is 1. The first-order valence-electron chi connectivity index (χ1n) is 14.3. The molecule has 0 saturated carbocycles. The molecule has 0 aliphatic heterocycles. The van der Waals surface area contributed by atoms with E-state index in [-0.39, 0.29) is 29.8 Å². The fourth-order valence-electron chi connectivity index (χ4n) is 4.68. The quantitative estimate of drug-likeness (QED) is 0.166. The zero-order chi connectivity index (χ0) is 31.7. The highest BCUT2D eigenvalue weighted by atomic mass is 79.9. The number of halogens is 2. The van der Waals surface area contributed by atoms with Crippen molar-refractivity contribution in [1.82, 2.24) is 10.2 Å². The van der Waals surface area contributed by atoms with E-state index >= 15 is 0 Å². The molecule has 2 atom stereocenters. The van der Waals surface area contributed by atoms with Crippen LogP contribution in [0.5, 0.6) is 0 Å². The molecule has 4 aromatic carbocycles. The molecule has 0 unspecified atom stereocenters. The maximum absolute atomic E-state index is 14.5. The Kier molecular flexibility index (Phi) is 11.6. The summed E-state index contributed by atoms with van der Waals surface area (Å²) in [6.45, 7) is 3.33. The van der Waals surface area contributed by atoms with Crippen molar-refractivity contribution in [3.05, 3.63) is 130 Å². The van der Waals surface area contributed by atoms with Crippen molar-refractivity contribution in [3.63, 3.8) is 0 Å². The summed E-state index contributed by atoms with van der Waals surface area (Å²) >= 11 is 9.97. The van der Waals surface area contributed by atoms with E-state index in [0.29, 0.717) is 27.2 Å². The van der Waals surface area contributed by atoms with Crippen LogP contribution >= 0.6 is 27.5 Å². The molecule has 230 valence electrons. The van der Waals surface area contributed by atoms with Gasteiger partial charge in [0.2, 0.25) is 11.8 Å². The van der Waals surface area contributed by atoms with Crippen LogP contribution in [0.25, 0.3) is 0 Å². The number of hydrogen-bond acceptors (Lipinski definition) is 4. The Morgan fingerprint density at radius 1 is 0.886 bits per heavy atom. The number of nitrogens with zero attached hydrogens (tertiary/aromatic N) is 2. The predicted molar refractivity (Wildman–Crippen MR) is 179 cm³/mol. The third-order valence-corrected chi connectivity index (χ3v) is 9.93. The van der Waals surface area contributed by atoms with Gasteiger partial charge < -0.3 is 10.2 Å². The predicted octanol–water partition coefficient (Wildman–Crippen LogP) is 6.85. The highest BCUT2D eigenvalue weighted by Crippen LogP contribution is 2.28. The number of benzene rings is 4. The van der Waals surface area contributed by atoms with E-state index in [1.807, 2.05) is 50.2 Å². The van der Waals surface area contributed by atoms with Gasteiger partial charge in [-0.15, -0.1) is 0 Å². The number of carbonyl (C=O) groups excluding carboxylic acids is 2. The average molecular weight is 697 g/mol. The van der Waals surface area contributed by atoms with Gasteiger partial charge in [0.25, 0.3) is 10.0 Å². The maximum atomic E-state index is 14.5. The topological polar surface area (TPSA) is 86.8 Å². The van der Waals surface area contributed by atoms with Gasteiger partial charge in [-0.3, -0.25) is 13.9 Å². The molecule has 0 bridgehead atoms. The first kappa shape index (κ1) is 33.2. The molecule has 44 heavy (non-hydrogen) atoms. The summed E-state index contributed by atoms with van der Waals surface area (Å²) in [4.78, 5) is 29.8. The first-order valence-corrected chi connectivity index (χ1v) is 16.9. The highest BCUT2D eigenvalue weighted by Gasteiger charge is 2.35. The van der Waals surface area contributed by atoms with Gasteiger partial charge in [0.1, 0.15) is 12.6 Å². The van der Waals surface area contributed by atoms with E-state index < -0.39 is 28.5 Å². The third kappa shape index (κ3) is 8.49. The van der Waals surface area contributed by atoms with Crippen LogP contribution in [0.15, 0.2) is 119 Å². The number of sulfonamides is 1. The van der Waals surface area contributed by atoms with Crippen molar-refractivity contribution < 1.29 is 18.0 Å². The molecular formula is C34H35BrClN3O4S. The van der Waals surface area contributed by atoms with E-state index in [2.05, 4.69) is 21.2 Å². The fourth-order valence-corrected chi connectivity index (χ4v) is 6.69. The molecule has 0 saturated heterocycles. The largest absolute Gasteiger partial charge is 0.352 e. The van der Waals surface area contributed by atoms with Crippen molar-refractivity contribution in [3.8, 4) is 0 Å². The Hall–Kier alpha value is -3.66. The molecule has 0 aromatic heterocycles. The minimum atomic E-state index is -4.17. The number of rotatable bonds is 13. The summed E-state index contributed by atoms with van der Waals surface area (Å²) in [5.74, 6) is -0.881. The minimum Gasteiger partial charge on any atom is -0.352 e. The van der Waals surface area contributed by atoms with Crippen LogP contribution in [-0.4, -0.2) is 43.8 Å². The molecule has 4 aromatic rings.